The Morgan fingerprint density at radius 3 is 2.40 bits per heavy atom. The largest absolute Gasteiger partial charge is 0.454 e. The van der Waals surface area contributed by atoms with Crippen LogP contribution < -0.4 is 20.1 Å². The van der Waals surface area contributed by atoms with Gasteiger partial charge in [0.25, 0.3) is 0 Å². The molecule has 25 heavy (non-hydrogen) atoms. The number of carbonyl (C=O) groups is 1. The molecule has 2 aromatic carbocycles. The number of rotatable bonds is 2. The van der Waals surface area contributed by atoms with E-state index >= 15 is 0 Å². The number of alkyl halides is 3. The molecule has 0 bridgehead atoms. The predicted octanol–water partition coefficient (Wildman–Crippen LogP) is 2.85. The highest BCUT2D eigenvalue weighted by Crippen LogP contribution is 2.43. The summed E-state index contributed by atoms with van der Waals surface area (Å²) in [7, 11) is 0. The molecular weight excluding hydrogens is 337 g/mol. The lowest BCUT2D eigenvalue weighted by Gasteiger charge is -2.45. The van der Waals surface area contributed by atoms with E-state index in [-0.39, 0.29) is 12.7 Å². The topological polar surface area (TPSA) is 64.8 Å². The minimum absolute atomic E-state index is 0.106. The van der Waals surface area contributed by atoms with Gasteiger partial charge in [0.1, 0.15) is 6.04 Å². The van der Waals surface area contributed by atoms with Crippen LogP contribution in [-0.2, 0) is 11.0 Å². The highest BCUT2D eigenvalue weighted by Gasteiger charge is 2.47. The standard InChI is InChI=1S/C17H13F3N2O3/c18-17(19,20)10-3-1-9(2-4-10)15-14(21)16(23)22(15)11-5-6-12-13(7-11)25-8-24-12/h1-7,14-15H,8,21H2/t14-,15+/m1/s1. The highest BCUT2D eigenvalue weighted by atomic mass is 19.4. The van der Waals surface area contributed by atoms with Gasteiger partial charge >= 0.3 is 6.18 Å². The van der Waals surface area contributed by atoms with E-state index in [4.69, 9.17) is 15.2 Å². The molecule has 0 aliphatic carbocycles. The van der Waals surface area contributed by atoms with Gasteiger partial charge in [-0.15, -0.1) is 0 Å². The molecule has 0 aromatic heterocycles. The molecular formula is C17H13F3N2O3. The predicted molar refractivity (Wildman–Crippen MR) is 82.2 cm³/mol. The number of amides is 1. The van der Waals surface area contributed by atoms with Crippen molar-refractivity contribution in [1.82, 2.24) is 0 Å². The SMILES string of the molecule is N[C@H]1C(=O)N(c2ccc3c(c2)OCO3)[C@H]1c1ccc(C(F)(F)F)cc1. The molecule has 2 aromatic rings. The van der Waals surface area contributed by atoms with Crippen molar-refractivity contribution < 1.29 is 27.4 Å². The number of hydrogen-bond acceptors (Lipinski definition) is 4. The number of benzene rings is 2. The lowest BCUT2D eigenvalue weighted by molar-refractivity contribution is -0.137. The van der Waals surface area contributed by atoms with E-state index < -0.39 is 23.8 Å². The molecule has 0 saturated carbocycles. The maximum absolute atomic E-state index is 12.7. The Balaban J connectivity index is 1.65. The van der Waals surface area contributed by atoms with Crippen molar-refractivity contribution in [2.45, 2.75) is 18.3 Å². The van der Waals surface area contributed by atoms with Gasteiger partial charge in [0, 0.05) is 11.8 Å². The van der Waals surface area contributed by atoms with Crippen molar-refractivity contribution in [2.75, 3.05) is 11.7 Å². The first-order valence-corrected chi connectivity index (χ1v) is 7.52. The number of nitrogens with zero attached hydrogens (tertiary/aromatic N) is 1. The van der Waals surface area contributed by atoms with E-state index in [1.54, 1.807) is 18.2 Å². The minimum Gasteiger partial charge on any atom is -0.454 e. The van der Waals surface area contributed by atoms with Crippen molar-refractivity contribution >= 4 is 11.6 Å². The Morgan fingerprint density at radius 2 is 1.72 bits per heavy atom. The number of nitrogens with two attached hydrogens (primary N) is 1. The molecule has 2 atom stereocenters. The second-order valence-corrected chi connectivity index (χ2v) is 5.84. The van der Waals surface area contributed by atoms with Crippen LogP contribution in [0.1, 0.15) is 17.2 Å². The summed E-state index contributed by atoms with van der Waals surface area (Å²) in [6.45, 7) is 0.106. The lowest BCUT2D eigenvalue weighted by Crippen LogP contribution is -2.63. The zero-order valence-corrected chi connectivity index (χ0v) is 12.8. The van der Waals surface area contributed by atoms with E-state index in [9.17, 15) is 18.0 Å². The van der Waals surface area contributed by atoms with E-state index in [2.05, 4.69) is 0 Å². The average molecular weight is 350 g/mol. The van der Waals surface area contributed by atoms with E-state index in [1.165, 1.54) is 17.0 Å². The normalized spacial score (nSPS) is 22.1. The van der Waals surface area contributed by atoms with Crippen LogP contribution in [0.3, 0.4) is 0 Å². The molecule has 2 heterocycles. The van der Waals surface area contributed by atoms with Gasteiger partial charge in [0.05, 0.1) is 11.6 Å². The molecule has 0 radical (unpaired) electrons. The Bertz CT molecular complexity index is 836. The molecule has 0 unspecified atom stereocenters. The first kappa shape index (κ1) is 15.8. The van der Waals surface area contributed by atoms with Crippen LogP contribution in [0.25, 0.3) is 0 Å². The average Bonchev–Trinajstić information content (AvgIpc) is 3.05. The number of β-lactam (4-membered cyclic amide) rings is 1. The Kier molecular flexibility index (Phi) is 3.40. The van der Waals surface area contributed by atoms with Crippen LogP contribution in [0, 0.1) is 0 Å². The first-order valence-electron chi connectivity index (χ1n) is 7.52. The van der Waals surface area contributed by atoms with Gasteiger partial charge in [0.15, 0.2) is 11.5 Å². The molecule has 0 spiro atoms. The van der Waals surface area contributed by atoms with Gasteiger partial charge in [0.2, 0.25) is 12.7 Å². The molecule has 2 N–H and O–H groups in total. The summed E-state index contributed by atoms with van der Waals surface area (Å²) in [6.07, 6.45) is -4.41. The Labute approximate surface area is 140 Å². The number of fused-ring (bicyclic) bond motifs is 1. The molecule has 1 amide bonds. The van der Waals surface area contributed by atoms with Crippen LogP contribution in [0.5, 0.6) is 11.5 Å². The van der Waals surface area contributed by atoms with Crippen molar-refractivity contribution in [3.05, 3.63) is 53.6 Å². The lowest BCUT2D eigenvalue weighted by atomic mass is 9.88. The van der Waals surface area contributed by atoms with Gasteiger partial charge < -0.3 is 20.1 Å². The number of anilines is 1. The summed E-state index contributed by atoms with van der Waals surface area (Å²) in [6, 6.07) is 8.36. The molecule has 2 aliphatic heterocycles. The van der Waals surface area contributed by atoms with Gasteiger partial charge in [-0.05, 0) is 29.8 Å². The molecule has 1 fully saturated rings. The summed E-state index contributed by atoms with van der Waals surface area (Å²) in [5, 5.41) is 0. The zero-order valence-electron chi connectivity index (χ0n) is 12.8. The van der Waals surface area contributed by atoms with Crippen LogP contribution in [0.4, 0.5) is 18.9 Å². The smallest absolute Gasteiger partial charge is 0.416 e. The fourth-order valence-electron chi connectivity index (χ4n) is 3.06. The summed E-state index contributed by atoms with van der Waals surface area (Å²) < 4.78 is 48.7. The summed E-state index contributed by atoms with van der Waals surface area (Å²) in [4.78, 5) is 13.7. The van der Waals surface area contributed by atoms with E-state index in [1.807, 2.05) is 0 Å². The first-order chi connectivity index (χ1) is 11.9. The maximum Gasteiger partial charge on any atom is 0.416 e. The van der Waals surface area contributed by atoms with Crippen LogP contribution in [0.2, 0.25) is 0 Å². The monoisotopic (exact) mass is 350 g/mol. The summed E-state index contributed by atoms with van der Waals surface area (Å²) in [5.74, 6) is 0.785. The fraction of sp³-hybridized carbons (Fsp3) is 0.235. The molecule has 130 valence electrons. The molecule has 2 aliphatic rings. The third-order valence-corrected chi connectivity index (χ3v) is 4.35. The van der Waals surface area contributed by atoms with Crippen LogP contribution in [-0.4, -0.2) is 18.7 Å². The molecule has 8 heteroatoms. The number of halogens is 3. The zero-order chi connectivity index (χ0) is 17.8. The third kappa shape index (κ3) is 2.49. The third-order valence-electron chi connectivity index (χ3n) is 4.35. The number of hydrogen-bond donors (Lipinski definition) is 1. The van der Waals surface area contributed by atoms with Gasteiger partial charge in [-0.2, -0.15) is 13.2 Å². The van der Waals surface area contributed by atoms with Crippen molar-refractivity contribution in [2.24, 2.45) is 5.73 Å². The molecule has 5 nitrogen and oxygen atoms in total. The highest BCUT2D eigenvalue weighted by molar-refractivity contribution is 6.05. The second-order valence-electron chi connectivity index (χ2n) is 5.84. The Hall–Kier alpha value is -2.74. The van der Waals surface area contributed by atoms with Gasteiger partial charge in [-0.1, -0.05) is 12.1 Å². The summed E-state index contributed by atoms with van der Waals surface area (Å²) in [5.41, 5.74) is 6.24. The minimum atomic E-state index is -4.41. The Morgan fingerprint density at radius 1 is 1.04 bits per heavy atom. The van der Waals surface area contributed by atoms with E-state index in [0.29, 0.717) is 22.7 Å². The quantitative estimate of drug-likeness (QED) is 0.846. The molecule has 1 saturated heterocycles. The van der Waals surface area contributed by atoms with Crippen molar-refractivity contribution in [1.29, 1.82) is 0 Å². The van der Waals surface area contributed by atoms with Gasteiger partial charge in [-0.25, -0.2) is 0 Å². The van der Waals surface area contributed by atoms with Gasteiger partial charge in [-0.3, -0.25) is 4.79 Å². The molecule has 4 rings (SSSR count). The number of ether oxygens (including phenoxy) is 2. The van der Waals surface area contributed by atoms with Crippen LogP contribution >= 0.6 is 0 Å². The maximum atomic E-state index is 12.7. The number of carbonyl (C=O) groups excluding carboxylic acids is 1. The van der Waals surface area contributed by atoms with E-state index in [0.717, 1.165) is 12.1 Å². The van der Waals surface area contributed by atoms with Crippen LogP contribution in [0.15, 0.2) is 42.5 Å². The van der Waals surface area contributed by atoms with Crippen molar-refractivity contribution in [3.63, 3.8) is 0 Å². The summed E-state index contributed by atoms with van der Waals surface area (Å²) >= 11 is 0. The van der Waals surface area contributed by atoms with Crippen molar-refractivity contribution in [3.8, 4) is 11.5 Å². The second kappa shape index (κ2) is 5.38. The fourth-order valence-corrected chi connectivity index (χ4v) is 3.06.